The number of hydrogen-bond acceptors (Lipinski definition) is 3. The maximum atomic E-state index is 12.0. The van der Waals surface area contributed by atoms with Gasteiger partial charge in [-0.15, -0.1) is 0 Å². The van der Waals surface area contributed by atoms with E-state index >= 15 is 0 Å². The summed E-state index contributed by atoms with van der Waals surface area (Å²) in [5, 5.41) is 2.82. The molecule has 1 amide bonds. The van der Waals surface area contributed by atoms with E-state index < -0.39 is 0 Å². The van der Waals surface area contributed by atoms with Crippen molar-refractivity contribution in [3.05, 3.63) is 60.2 Å². The molecule has 0 saturated carbocycles. The summed E-state index contributed by atoms with van der Waals surface area (Å²) in [5.74, 6) is 0.448. The highest BCUT2D eigenvalue weighted by Gasteiger charge is 2.06. The van der Waals surface area contributed by atoms with Gasteiger partial charge in [-0.2, -0.15) is 0 Å². The number of hydrogen-bond donors (Lipinski definition) is 2. The minimum Gasteiger partial charge on any atom is -0.489 e. The second-order valence-electron chi connectivity index (χ2n) is 5.15. The highest BCUT2D eigenvalue weighted by Crippen LogP contribution is 2.24. The first-order valence-corrected chi connectivity index (χ1v) is 7.15. The molecule has 0 aromatic heterocycles. The lowest BCUT2D eigenvalue weighted by Gasteiger charge is -2.14. The fourth-order valence-corrected chi connectivity index (χ4v) is 1.88. The van der Waals surface area contributed by atoms with Crippen molar-refractivity contribution in [2.24, 2.45) is 0 Å². The summed E-state index contributed by atoms with van der Waals surface area (Å²) >= 11 is 0. The number of nitrogens with one attached hydrogen (secondary N) is 1. The number of nitrogen functional groups attached to an aromatic ring is 1. The van der Waals surface area contributed by atoms with E-state index in [9.17, 15) is 4.79 Å². The Morgan fingerprint density at radius 1 is 1.14 bits per heavy atom. The Morgan fingerprint density at radius 2 is 1.82 bits per heavy atom. The number of para-hydroxylation sites is 2. The van der Waals surface area contributed by atoms with Crippen molar-refractivity contribution in [1.29, 1.82) is 0 Å². The van der Waals surface area contributed by atoms with E-state index in [4.69, 9.17) is 10.5 Å². The van der Waals surface area contributed by atoms with Crippen LogP contribution >= 0.6 is 0 Å². The van der Waals surface area contributed by atoms with Gasteiger partial charge < -0.3 is 15.8 Å². The van der Waals surface area contributed by atoms with Crippen LogP contribution in [-0.2, 0) is 4.79 Å². The Morgan fingerprint density at radius 3 is 2.50 bits per heavy atom. The van der Waals surface area contributed by atoms with E-state index in [2.05, 4.69) is 5.32 Å². The fraction of sp³-hybridized carbons (Fsp3) is 0.167. The molecule has 2 aromatic carbocycles. The van der Waals surface area contributed by atoms with Crippen LogP contribution in [0.15, 0.2) is 54.6 Å². The molecule has 0 aliphatic carbocycles. The van der Waals surface area contributed by atoms with Crippen LogP contribution in [0.25, 0.3) is 6.08 Å². The lowest BCUT2D eigenvalue weighted by Crippen LogP contribution is -2.12. The van der Waals surface area contributed by atoms with Crippen molar-refractivity contribution in [2.75, 3.05) is 11.1 Å². The van der Waals surface area contributed by atoms with Crippen molar-refractivity contribution in [1.82, 2.24) is 0 Å². The van der Waals surface area contributed by atoms with Crippen molar-refractivity contribution in [3.8, 4) is 5.75 Å². The van der Waals surface area contributed by atoms with Crippen LogP contribution in [0.5, 0.6) is 5.75 Å². The zero-order valence-electron chi connectivity index (χ0n) is 12.7. The Kier molecular flexibility index (Phi) is 5.20. The summed E-state index contributed by atoms with van der Waals surface area (Å²) in [6.07, 6.45) is 3.27. The molecule has 4 nitrogen and oxygen atoms in total. The van der Waals surface area contributed by atoms with E-state index in [-0.39, 0.29) is 12.0 Å². The van der Waals surface area contributed by atoms with E-state index in [0.29, 0.717) is 17.1 Å². The molecule has 0 unspecified atom stereocenters. The molecule has 4 heteroatoms. The molecule has 0 aliphatic heterocycles. The third-order valence-corrected chi connectivity index (χ3v) is 2.87. The first kappa shape index (κ1) is 15.6. The first-order valence-electron chi connectivity index (χ1n) is 7.15. The van der Waals surface area contributed by atoms with Gasteiger partial charge in [0.25, 0.3) is 0 Å². The van der Waals surface area contributed by atoms with Crippen LogP contribution in [0.2, 0.25) is 0 Å². The monoisotopic (exact) mass is 296 g/mol. The molecule has 2 aromatic rings. The number of nitrogens with two attached hydrogens (primary N) is 1. The molecule has 114 valence electrons. The highest BCUT2D eigenvalue weighted by molar-refractivity contribution is 6.02. The molecule has 0 saturated heterocycles. The maximum Gasteiger partial charge on any atom is 0.248 e. The maximum absolute atomic E-state index is 12.0. The quantitative estimate of drug-likeness (QED) is 0.653. The number of benzene rings is 2. The number of rotatable bonds is 5. The van der Waals surface area contributed by atoms with Crippen LogP contribution in [-0.4, -0.2) is 12.0 Å². The largest absolute Gasteiger partial charge is 0.489 e. The Labute approximate surface area is 130 Å². The molecule has 0 radical (unpaired) electrons. The van der Waals surface area contributed by atoms with E-state index in [1.807, 2.05) is 50.2 Å². The van der Waals surface area contributed by atoms with E-state index in [0.717, 1.165) is 5.56 Å². The molecule has 0 atom stereocenters. The normalized spacial score (nSPS) is 10.9. The van der Waals surface area contributed by atoms with Crippen molar-refractivity contribution >= 4 is 23.4 Å². The Bertz CT molecular complexity index is 661. The van der Waals surface area contributed by atoms with Gasteiger partial charge in [-0.25, -0.2) is 0 Å². The van der Waals surface area contributed by atoms with Gasteiger partial charge in [0.15, 0.2) is 0 Å². The summed E-state index contributed by atoms with van der Waals surface area (Å²) in [5.41, 5.74) is 7.89. The number of carbonyl (C=O) groups is 1. The zero-order chi connectivity index (χ0) is 15.9. The predicted octanol–water partition coefficient (Wildman–Crippen LogP) is 3.71. The molecule has 0 fully saturated rings. The fourth-order valence-electron chi connectivity index (χ4n) is 1.88. The van der Waals surface area contributed by atoms with Crippen molar-refractivity contribution in [2.45, 2.75) is 20.0 Å². The van der Waals surface area contributed by atoms with Gasteiger partial charge >= 0.3 is 0 Å². The van der Waals surface area contributed by atoms with E-state index in [1.54, 1.807) is 18.2 Å². The van der Waals surface area contributed by atoms with Crippen molar-refractivity contribution in [3.63, 3.8) is 0 Å². The summed E-state index contributed by atoms with van der Waals surface area (Å²) in [4.78, 5) is 12.0. The van der Waals surface area contributed by atoms with Crippen LogP contribution in [0, 0.1) is 0 Å². The van der Waals surface area contributed by atoms with Gasteiger partial charge in [-0.1, -0.05) is 24.3 Å². The predicted molar refractivity (Wildman–Crippen MR) is 90.7 cm³/mol. The van der Waals surface area contributed by atoms with E-state index in [1.165, 1.54) is 6.08 Å². The van der Waals surface area contributed by atoms with Crippen molar-refractivity contribution < 1.29 is 9.53 Å². The van der Waals surface area contributed by atoms with Gasteiger partial charge in [-0.3, -0.25) is 4.79 Å². The van der Waals surface area contributed by atoms with Crippen LogP contribution in [0.4, 0.5) is 11.4 Å². The van der Waals surface area contributed by atoms with Gasteiger partial charge in [0, 0.05) is 11.8 Å². The molecule has 0 spiro atoms. The molecule has 0 aliphatic rings. The highest BCUT2D eigenvalue weighted by atomic mass is 16.5. The van der Waals surface area contributed by atoms with Gasteiger partial charge in [0.05, 0.1) is 11.8 Å². The average Bonchev–Trinajstić information content (AvgIpc) is 2.48. The summed E-state index contributed by atoms with van der Waals surface area (Å²) in [6.45, 7) is 3.89. The SMILES string of the molecule is CC(C)Oc1ccccc1NC(=O)/C=C/c1ccc(N)cc1. The lowest BCUT2D eigenvalue weighted by atomic mass is 10.2. The van der Waals surface area contributed by atoms with Gasteiger partial charge in [0.2, 0.25) is 5.91 Å². The lowest BCUT2D eigenvalue weighted by molar-refractivity contribution is -0.111. The number of ether oxygens (including phenoxy) is 1. The molecule has 0 bridgehead atoms. The number of anilines is 2. The van der Waals surface area contributed by atoms with Crippen LogP contribution in [0.3, 0.4) is 0 Å². The standard InChI is InChI=1S/C18H20N2O2/c1-13(2)22-17-6-4-3-5-16(17)20-18(21)12-9-14-7-10-15(19)11-8-14/h3-13H,19H2,1-2H3,(H,20,21)/b12-9+. The topological polar surface area (TPSA) is 64.3 Å². The Hall–Kier alpha value is -2.75. The minimum atomic E-state index is -0.211. The summed E-state index contributed by atoms with van der Waals surface area (Å²) in [6, 6.07) is 14.7. The Balaban J connectivity index is 2.04. The molecule has 2 rings (SSSR count). The second-order valence-corrected chi connectivity index (χ2v) is 5.15. The molecular formula is C18H20N2O2. The van der Waals surface area contributed by atoms with Crippen LogP contribution in [0.1, 0.15) is 19.4 Å². The molecule has 22 heavy (non-hydrogen) atoms. The van der Waals surface area contributed by atoms with Crippen LogP contribution < -0.4 is 15.8 Å². The molecular weight excluding hydrogens is 276 g/mol. The summed E-state index contributed by atoms with van der Waals surface area (Å²) < 4.78 is 5.67. The average molecular weight is 296 g/mol. The van der Waals surface area contributed by atoms with Gasteiger partial charge in [-0.05, 0) is 49.8 Å². The molecule has 3 N–H and O–H groups in total. The third-order valence-electron chi connectivity index (χ3n) is 2.87. The molecule has 0 heterocycles. The first-order chi connectivity index (χ1) is 10.5. The number of carbonyl (C=O) groups excluding carboxylic acids is 1. The van der Waals surface area contributed by atoms with Gasteiger partial charge in [0.1, 0.15) is 5.75 Å². The second kappa shape index (κ2) is 7.31. The smallest absolute Gasteiger partial charge is 0.248 e. The minimum absolute atomic E-state index is 0.0448. The third kappa shape index (κ3) is 4.66. The summed E-state index contributed by atoms with van der Waals surface area (Å²) in [7, 11) is 0. The zero-order valence-corrected chi connectivity index (χ0v) is 12.7. The number of amides is 1.